The fourth-order valence-electron chi connectivity index (χ4n) is 2.48. The highest BCUT2D eigenvalue weighted by molar-refractivity contribution is 5.79. The smallest absolute Gasteiger partial charge is 0.132 e. The maximum atomic E-state index is 11.2. The molecule has 1 aromatic rings. The second kappa shape index (κ2) is 5.21. The van der Waals surface area contributed by atoms with Crippen molar-refractivity contribution in [1.82, 2.24) is 10.3 Å². The summed E-state index contributed by atoms with van der Waals surface area (Å²) >= 11 is 0. The molecular formula is C13H18N2O. The summed E-state index contributed by atoms with van der Waals surface area (Å²) in [6, 6.07) is 6.29. The van der Waals surface area contributed by atoms with Crippen LogP contribution < -0.4 is 5.32 Å². The van der Waals surface area contributed by atoms with Crippen LogP contribution in [0.25, 0.3) is 0 Å². The Kier molecular flexibility index (Phi) is 3.67. The lowest BCUT2D eigenvalue weighted by Crippen LogP contribution is -2.29. The summed E-state index contributed by atoms with van der Waals surface area (Å²) < 4.78 is 0. The maximum Gasteiger partial charge on any atom is 0.132 e. The second-order valence-electron chi connectivity index (χ2n) is 4.40. The molecule has 2 rings (SSSR count). The van der Waals surface area contributed by atoms with Gasteiger partial charge in [0.2, 0.25) is 0 Å². The lowest BCUT2D eigenvalue weighted by atomic mass is 9.82. The summed E-state index contributed by atoms with van der Waals surface area (Å²) in [5, 5.41) is 3.33. The number of hydrogen-bond acceptors (Lipinski definition) is 3. The molecule has 0 bridgehead atoms. The predicted molar refractivity (Wildman–Crippen MR) is 63.0 cm³/mol. The molecule has 1 N–H and O–H groups in total. The largest absolute Gasteiger partial charge is 0.311 e. The third-order valence-electron chi connectivity index (χ3n) is 3.38. The van der Waals surface area contributed by atoms with Crippen molar-refractivity contribution in [1.29, 1.82) is 0 Å². The molecule has 0 spiro atoms. The topological polar surface area (TPSA) is 42.0 Å². The Morgan fingerprint density at radius 2 is 2.12 bits per heavy atom. The number of nitrogens with zero attached hydrogens (tertiary/aromatic N) is 1. The second-order valence-corrected chi connectivity index (χ2v) is 4.40. The Bertz CT molecular complexity index is 340. The van der Waals surface area contributed by atoms with E-state index < -0.39 is 0 Å². The Morgan fingerprint density at radius 3 is 2.69 bits per heavy atom. The summed E-state index contributed by atoms with van der Waals surface area (Å²) in [6.45, 7) is 0. The fraction of sp³-hybridized carbons (Fsp3) is 0.538. The number of carbonyl (C=O) groups is 1. The number of Topliss-reactive ketones (excluding diaryl/α,β-unsaturated/α-hetero) is 1. The van der Waals surface area contributed by atoms with Gasteiger partial charge in [-0.1, -0.05) is 6.07 Å². The Balaban J connectivity index is 2.08. The van der Waals surface area contributed by atoms with Gasteiger partial charge in [-0.25, -0.2) is 0 Å². The molecule has 0 radical (unpaired) electrons. The average molecular weight is 218 g/mol. The molecule has 0 aromatic carbocycles. The molecule has 16 heavy (non-hydrogen) atoms. The van der Waals surface area contributed by atoms with E-state index in [0.717, 1.165) is 31.4 Å². The van der Waals surface area contributed by atoms with E-state index in [1.165, 1.54) is 0 Å². The molecule has 1 heterocycles. The average Bonchev–Trinajstić information content (AvgIpc) is 2.34. The van der Waals surface area contributed by atoms with Crippen LogP contribution in [0, 0.1) is 5.92 Å². The van der Waals surface area contributed by atoms with Crippen molar-refractivity contribution in [2.45, 2.75) is 31.7 Å². The van der Waals surface area contributed by atoms with Crippen LogP contribution in [-0.2, 0) is 4.79 Å². The van der Waals surface area contributed by atoms with Crippen LogP contribution in [0.15, 0.2) is 24.4 Å². The first-order valence-electron chi connectivity index (χ1n) is 5.91. The van der Waals surface area contributed by atoms with Gasteiger partial charge >= 0.3 is 0 Å². The van der Waals surface area contributed by atoms with Gasteiger partial charge in [-0.05, 0) is 37.9 Å². The van der Waals surface area contributed by atoms with Gasteiger partial charge in [-0.3, -0.25) is 9.78 Å². The zero-order valence-electron chi connectivity index (χ0n) is 9.65. The maximum absolute atomic E-state index is 11.2. The van der Waals surface area contributed by atoms with Crippen molar-refractivity contribution in [2.24, 2.45) is 5.92 Å². The van der Waals surface area contributed by atoms with E-state index >= 15 is 0 Å². The molecule has 86 valence electrons. The molecule has 0 saturated heterocycles. The predicted octanol–water partition coefficient (Wildman–Crippen LogP) is 2.10. The van der Waals surface area contributed by atoms with Crippen LogP contribution >= 0.6 is 0 Å². The Morgan fingerprint density at radius 1 is 1.38 bits per heavy atom. The van der Waals surface area contributed by atoms with E-state index in [1.807, 2.05) is 25.4 Å². The highest BCUT2D eigenvalue weighted by Crippen LogP contribution is 2.31. The molecule has 0 amide bonds. The van der Waals surface area contributed by atoms with Gasteiger partial charge in [0.1, 0.15) is 5.78 Å². The minimum Gasteiger partial charge on any atom is -0.311 e. The number of ketones is 1. The fourth-order valence-corrected chi connectivity index (χ4v) is 2.48. The summed E-state index contributed by atoms with van der Waals surface area (Å²) in [7, 11) is 1.97. The van der Waals surface area contributed by atoms with Crippen molar-refractivity contribution < 1.29 is 4.79 Å². The monoisotopic (exact) mass is 218 g/mol. The third kappa shape index (κ3) is 2.47. The Labute approximate surface area is 96.3 Å². The molecule has 1 aliphatic carbocycles. The number of rotatable bonds is 3. The summed E-state index contributed by atoms with van der Waals surface area (Å²) in [6.07, 6.45) is 5.26. The molecule has 1 atom stereocenters. The normalized spacial score (nSPS) is 19.7. The van der Waals surface area contributed by atoms with Gasteiger partial charge in [0.15, 0.2) is 0 Å². The van der Waals surface area contributed by atoms with Gasteiger partial charge in [0.05, 0.1) is 11.7 Å². The van der Waals surface area contributed by atoms with Gasteiger partial charge in [0, 0.05) is 19.0 Å². The third-order valence-corrected chi connectivity index (χ3v) is 3.38. The lowest BCUT2D eigenvalue weighted by Gasteiger charge is -2.29. The quantitative estimate of drug-likeness (QED) is 0.844. The van der Waals surface area contributed by atoms with E-state index in [-0.39, 0.29) is 6.04 Å². The SMILES string of the molecule is CNC(c1ccccn1)C1CCC(=O)CC1. The van der Waals surface area contributed by atoms with Crippen LogP contribution in [0.2, 0.25) is 0 Å². The molecule has 1 saturated carbocycles. The highest BCUT2D eigenvalue weighted by atomic mass is 16.1. The van der Waals surface area contributed by atoms with Gasteiger partial charge < -0.3 is 5.32 Å². The highest BCUT2D eigenvalue weighted by Gasteiger charge is 2.27. The van der Waals surface area contributed by atoms with Crippen molar-refractivity contribution in [3.05, 3.63) is 30.1 Å². The lowest BCUT2D eigenvalue weighted by molar-refractivity contribution is -0.121. The van der Waals surface area contributed by atoms with Crippen LogP contribution in [0.1, 0.15) is 37.4 Å². The van der Waals surface area contributed by atoms with Gasteiger partial charge in [0.25, 0.3) is 0 Å². The van der Waals surface area contributed by atoms with E-state index in [0.29, 0.717) is 11.7 Å². The first-order chi connectivity index (χ1) is 7.81. The first kappa shape index (κ1) is 11.3. The zero-order chi connectivity index (χ0) is 11.4. The van der Waals surface area contributed by atoms with Crippen LogP contribution in [0.5, 0.6) is 0 Å². The van der Waals surface area contributed by atoms with Crippen molar-refractivity contribution in [2.75, 3.05) is 7.05 Å². The van der Waals surface area contributed by atoms with E-state index in [1.54, 1.807) is 0 Å². The van der Waals surface area contributed by atoms with E-state index in [2.05, 4.69) is 16.4 Å². The van der Waals surface area contributed by atoms with Crippen LogP contribution in [0.3, 0.4) is 0 Å². The molecule has 1 fully saturated rings. The first-order valence-corrected chi connectivity index (χ1v) is 5.91. The molecule has 1 aliphatic rings. The number of carbonyl (C=O) groups excluding carboxylic acids is 1. The molecular weight excluding hydrogens is 200 g/mol. The minimum absolute atomic E-state index is 0.286. The number of nitrogens with one attached hydrogen (secondary N) is 1. The number of pyridine rings is 1. The summed E-state index contributed by atoms with van der Waals surface area (Å²) in [5.74, 6) is 0.949. The van der Waals surface area contributed by atoms with Crippen LogP contribution in [-0.4, -0.2) is 17.8 Å². The number of aromatic nitrogens is 1. The van der Waals surface area contributed by atoms with E-state index in [9.17, 15) is 4.79 Å². The summed E-state index contributed by atoms with van der Waals surface area (Å²) in [5.41, 5.74) is 1.09. The Hall–Kier alpha value is -1.22. The zero-order valence-corrected chi connectivity index (χ0v) is 9.65. The van der Waals surface area contributed by atoms with Crippen molar-refractivity contribution >= 4 is 5.78 Å². The van der Waals surface area contributed by atoms with Crippen LogP contribution in [0.4, 0.5) is 0 Å². The van der Waals surface area contributed by atoms with Gasteiger partial charge in [-0.15, -0.1) is 0 Å². The van der Waals surface area contributed by atoms with Crippen molar-refractivity contribution in [3.8, 4) is 0 Å². The molecule has 1 aromatic heterocycles. The minimum atomic E-state index is 0.286. The summed E-state index contributed by atoms with van der Waals surface area (Å²) in [4.78, 5) is 15.6. The standard InChI is InChI=1S/C13H18N2O/c1-14-13(12-4-2-3-9-15-12)10-5-7-11(16)8-6-10/h2-4,9-10,13-14H,5-8H2,1H3. The van der Waals surface area contributed by atoms with E-state index in [4.69, 9.17) is 0 Å². The molecule has 0 aliphatic heterocycles. The molecule has 3 nitrogen and oxygen atoms in total. The molecule has 3 heteroatoms. The number of hydrogen-bond donors (Lipinski definition) is 1. The van der Waals surface area contributed by atoms with Gasteiger partial charge in [-0.2, -0.15) is 0 Å². The molecule has 1 unspecified atom stereocenters. The van der Waals surface area contributed by atoms with Crippen molar-refractivity contribution in [3.63, 3.8) is 0 Å².